The van der Waals surface area contributed by atoms with Crippen molar-refractivity contribution in [3.8, 4) is 0 Å². The predicted octanol–water partition coefficient (Wildman–Crippen LogP) is 0.856. The normalized spacial score (nSPS) is 15.2. The van der Waals surface area contributed by atoms with Crippen LogP contribution in [0, 0.1) is 5.92 Å². The highest BCUT2D eigenvalue weighted by Crippen LogP contribution is 2.14. The van der Waals surface area contributed by atoms with E-state index in [-0.39, 0.29) is 12.1 Å². The highest BCUT2D eigenvalue weighted by atomic mass is 16.5. The lowest BCUT2D eigenvalue weighted by Crippen LogP contribution is -2.47. The van der Waals surface area contributed by atoms with Crippen LogP contribution in [0.15, 0.2) is 12.3 Å². The van der Waals surface area contributed by atoms with E-state index in [0.717, 1.165) is 12.8 Å². The SMILES string of the molecule is COC(C(C)C)C(CCc1ccnn1C)NN. The number of nitrogens with two attached hydrogens (primary N) is 1. The highest BCUT2D eigenvalue weighted by molar-refractivity contribution is 5.00. The van der Waals surface area contributed by atoms with Crippen LogP contribution in [0.25, 0.3) is 0 Å². The standard InChI is InChI=1S/C12H24N4O/c1-9(2)12(17-4)11(15-13)6-5-10-7-8-14-16(10)3/h7-9,11-12,15H,5-6,13H2,1-4H3. The zero-order chi connectivity index (χ0) is 12.8. The first-order valence-corrected chi connectivity index (χ1v) is 6.06. The lowest BCUT2D eigenvalue weighted by Gasteiger charge is -2.28. The number of methoxy groups -OCH3 is 1. The fraction of sp³-hybridized carbons (Fsp3) is 0.750. The van der Waals surface area contributed by atoms with Crippen molar-refractivity contribution in [1.29, 1.82) is 0 Å². The van der Waals surface area contributed by atoms with Crippen molar-refractivity contribution < 1.29 is 4.74 Å². The third-order valence-electron chi connectivity index (χ3n) is 3.17. The average Bonchev–Trinajstić information content (AvgIpc) is 2.69. The molecule has 0 bridgehead atoms. The quantitative estimate of drug-likeness (QED) is 0.548. The molecular weight excluding hydrogens is 216 g/mol. The molecule has 98 valence electrons. The van der Waals surface area contributed by atoms with Gasteiger partial charge in [0.1, 0.15) is 0 Å². The number of hydrazine groups is 1. The molecule has 1 rings (SSSR count). The summed E-state index contributed by atoms with van der Waals surface area (Å²) in [6.07, 6.45) is 3.83. The molecule has 1 heterocycles. The molecule has 0 aliphatic carbocycles. The number of nitrogens with zero attached hydrogens (tertiary/aromatic N) is 2. The van der Waals surface area contributed by atoms with E-state index >= 15 is 0 Å². The maximum absolute atomic E-state index is 5.61. The molecule has 3 N–H and O–H groups in total. The molecule has 5 nitrogen and oxygen atoms in total. The van der Waals surface area contributed by atoms with Gasteiger partial charge in [-0.3, -0.25) is 16.0 Å². The van der Waals surface area contributed by atoms with Gasteiger partial charge in [-0.2, -0.15) is 5.10 Å². The lowest BCUT2D eigenvalue weighted by molar-refractivity contribution is 0.0306. The van der Waals surface area contributed by atoms with Gasteiger partial charge in [-0.05, 0) is 24.8 Å². The molecule has 0 saturated carbocycles. The van der Waals surface area contributed by atoms with Crippen LogP contribution in [-0.4, -0.2) is 29.0 Å². The summed E-state index contributed by atoms with van der Waals surface area (Å²) >= 11 is 0. The fourth-order valence-electron chi connectivity index (χ4n) is 2.19. The van der Waals surface area contributed by atoms with Crippen LogP contribution >= 0.6 is 0 Å². The topological polar surface area (TPSA) is 65.1 Å². The van der Waals surface area contributed by atoms with Crippen LogP contribution in [0.5, 0.6) is 0 Å². The number of aryl methyl sites for hydroxylation is 2. The van der Waals surface area contributed by atoms with Crippen molar-refractivity contribution in [2.75, 3.05) is 7.11 Å². The molecule has 0 radical (unpaired) electrons. The molecule has 2 atom stereocenters. The zero-order valence-electron chi connectivity index (χ0n) is 11.2. The maximum atomic E-state index is 5.61. The molecule has 0 aliphatic heterocycles. The molecule has 0 amide bonds. The van der Waals surface area contributed by atoms with Gasteiger partial charge >= 0.3 is 0 Å². The molecule has 17 heavy (non-hydrogen) atoms. The first-order chi connectivity index (χ1) is 8.10. The summed E-state index contributed by atoms with van der Waals surface area (Å²) in [6.45, 7) is 4.28. The largest absolute Gasteiger partial charge is 0.380 e. The summed E-state index contributed by atoms with van der Waals surface area (Å²) in [4.78, 5) is 0. The van der Waals surface area contributed by atoms with Crippen molar-refractivity contribution in [2.24, 2.45) is 18.8 Å². The number of hydrogen-bond acceptors (Lipinski definition) is 4. The molecular formula is C12H24N4O. The summed E-state index contributed by atoms with van der Waals surface area (Å²) in [5.74, 6) is 6.05. The van der Waals surface area contributed by atoms with Crippen molar-refractivity contribution in [3.05, 3.63) is 18.0 Å². The van der Waals surface area contributed by atoms with Crippen molar-refractivity contribution in [3.63, 3.8) is 0 Å². The molecule has 0 spiro atoms. The van der Waals surface area contributed by atoms with Gasteiger partial charge < -0.3 is 4.74 Å². The highest BCUT2D eigenvalue weighted by Gasteiger charge is 2.23. The Morgan fingerprint density at radius 3 is 2.65 bits per heavy atom. The summed E-state index contributed by atoms with van der Waals surface area (Å²) < 4.78 is 7.39. The van der Waals surface area contributed by atoms with Crippen LogP contribution < -0.4 is 11.3 Å². The Hall–Kier alpha value is -0.910. The second-order valence-electron chi connectivity index (χ2n) is 4.70. The van der Waals surface area contributed by atoms with Crippen LogP contribution in [0.3, 0.4) is 0 Å². The Balaban J connectivity index is 2.55. The van der Waals surface area contributed by atoms with Gasteiger partial charge in [-0.25, -0.2) is 0 Å². The Morgan fingerprint density at radius 1 is 1.53 bits per heavy atom. The number of hydrogen-bond donors (Lipinski definition) is 2. The van der Waals surface area contributed by atoms with E-state index in [9.17, 15) is 0 Å². The van der Waals surface area contributed by atoms with Crippen LogP contribution in [-0.2, 0) is 18.2 Å². The van der Waals surface area contributed by atoms with Crippen molar-refractivity contribution >= 4 is 0 Å². The van der Waals surface area contributed by atoms with E-state index in [1.165, 1.54) is 5.69 Å². The first-order valence-electron chi connectivity index (χ1n) is 6.06. The monoisotopic (exact) mass is 240 g/mol. The Kier molecular flexibility index (Phi) is 5.61. The van der Waals surface area contributed by atoms with Crippen LogP contribution in [0.4, 0.5) is 0 Å². The van der Waals surface area contributed by atoms with Crippen LogP contribution in [0.2, 0.25) is 0 Å². The Morgan fingerprint density at radius 2 is 2.24 bits per heavy atom. The van der Waals surface area contributed by atoms with Gasteiger partial charge in [0.05, 0.1) is 6.10 Å². The van der Waals surface area contributed by atoms with Gasteiger partial charge in [0.25, 0.3) is 0 Å². The average molecular weight is 240 g/mol. The number of rotatable bonds is 7. The smallest absolute Gasteiger partial charge is 0.0760 e. The van der Waals surface area contributed by atoms with E-state index in [2.05, 4.69) is 24.4 Å². The number of aromatic nitrogens is 2. The van der Waals surface area contributed by atoms with Gasteiger partial charge in [0, 0.05) is 32.1 Å². The fourth-order valence-corrected chi connectivity index (χ4v) is 2.19. The summed E-state index contributed by atoms with van der Waals surface area (Å²) in [7, 11) is 3.69. The zero-order valence-corrected chi connectivity index (χ0v) is 11.2. The summed E-state index contributed by atoms with van der Waals surface area (Å²) in [6, 6.07) is 2.19. The molecule has 0 aliphatic rings. The van der Waals surface area contributed by atoms with Crippen molar-refractivity contribution in [1.82, 2.24) is 15.2 Å². The van der Waals surface area contributed by atoms with E-state index in [1.54, 1.807) is 7.11 Å². The summed E-state index contributed by atoms with van der Waals surface area (Å²) in [5, 5.41) is 4.15. The van der Waals surface area contributed by atoms with E-state index < -0.39 is 0 Å². The molecule has 0 aromatic carbocycles. The van der Waals surface area contributed by atoms with Gasteiger partial charge in [-0.15, -0.1) is 0 Å². The number of nitrogens with one attached hydrogen (secondary N) is 1. The van der Waals surface area contributed by atoms with Crippen LogP contribution in [0.1, 0.15) is 26.0 Å². The molecule has 2 unspecified atom stereocenters. The minimum Gasteiger partial charge on any atom is -0.380 e. The molecule has 0 saturated heterocycles. The Labute approximate surface area is 103 Å². The number of ether oxygens (including phenoxy) is 1. The minimum absolute atomic E-state index is 0.133. The second kappa shape index (κ2) is 6.74. The molecule has 1 aromatic rings. The van der Waals surface area contributed by atoms with Crippen molar-refractivity contribution in [2.45, 2.75) is 38.8 Å². The Bertz CT molecular complexity index is 324. The molecule has 0 fully saturated rings. The van der Waals surface area contributed by atoms with E-state index in [0.29, 0.717) is 5.92 Å². The van der Waals surface area contributed by atoms with Gasteiger partial charge in [0.15, 0.2) is 0 Å². The second-order valence-corrected chi connectivity index (χ2v) is 4.70. The third kappa shape index (κ3) is 3.80. The predicted molar refractivity (Wildman–Crippen MR) is 68.3 cm³/mol. The lowest BCUT2D eigenvalue weighted by atomic mass is 9.95. The van der Waals surface area contributed by atoms with E-state index in [1.807, 2.05) is 24.0 Å². The van der Waals surface area contributed by atoms with E-state index in [4.69, 9.17) is 10.6 Å². The molecule has 1 aromatic heterocycles. The summed E-state index contributed by atoms with van der Waals surface area (Å²) in [5.41, 5.74) is 4.07. The van der Waals surface area contributed by atoms with Gasteiger partial charge in [-0.1, -0.05) is 13.8 Å². The van der Waals surface area contributed by atoms with Gasteiger partial charge in [0.2, 0.25) is 0 Å². The first kappa shape index (κ1) is 14.2. The minimum atomic E-state index is 0.133. The maximum Gasteiger partial charge on any atom is 0.0760 e. The molecule has 5 heteroatoms. The third-order valence-corrected chi connectivity index (χ3v) is 3.17.